The molecule has 3 N–H and O–H groups in total. The Morgan fingerprint density at radius 3 is 2.67 bits per heavy atom. The highest BCUT2D eigenvalue weighted by Crippen LogP contribution is 2.17. The predicted molar refractivity (Wildman–Crippen MR) is 66.1 cm³/mol. The Labute approximate surface area is 96.8 Å². The highest BCUT2D eigenvalue weighted by atomic mass is 35.5. The van der Waals surface area contributed by atoms with Gasteiger partial charge in [-0.05, 0) is 38.5 Å². The van der Waals surface area contributed by atoms with Crippen molar-refractivity contribution in [3.05, 3.63) is 34.9 Å². The summed E-state index contributed by atoms with van der Waals surface area (Å²) in [5.74, 6) is 0. The molecule has 2 nitrogen and oxygen atoms in total. The zero-order valence-electron chi connectivity index (χ0n) is 9.55. The van der Waals surface area contributed by atoms with Crippen LogP contribution >= 0.6 is 11.6 Å². The second-order valence-corrected chi connectivity index (χ2v) is 5.08. The number of halogens is 1. The molecule has 0 spiro atoms. The van der Waals surface area contributed by atoms with E-state index in [9.17, 15) is 0 Å². The van der Waals surface area contributed by atoms with Crippen LogP contribution in [0.3, 0.4) is 0 Å². The number of nitrogens with two attached hydrogens (primary N) is 1. The first-order chi connectivity index (χ1) is 6.88. The fourth-order valence-corrected chi connectivity index (χ4v) is 1.51. The summed E-state index contributed by atoms with van der Waals surface area (Å²) in [7, 11) is 0. The summed E-state index contributed by atoms with van der Waals surface area (Å²) >= 11 is 5.93. The van der Waals surface area contributed by atoms with Crippen molar-refractivity contribution in [3.63, 3.8) is 0 Å². The molecule has 0 aliphatic heterocycles. The molecule has 0 radical (unpaired) electrons. The van der Waals surface area contributed by atoms with E-state index in [0.29, 0.717) is 0 Å². The maximum Gasteiger partial charge on any atom is 0.0409 e. The van der Waals surface area contributed by atoms with Crippen molar-refractivity contribution in [1.29, 1.82) is 0 Å². The van der Waals surface area contributed by atoms with Gasteiger partial charge in [0.2, 0.25) is 0 Å². The lowest BCUT2D eigenvalue weighted by atomic mass is 10.0. The van der Waals surface area contributed by atoms with Gasteiger partial charge in [-0.25, -0.2) is 0 Å². The van der Waals surface area contributed by atoms with Gasteiger partial charge in [0.05, 0.1) is 0 Å². The molecule has 84 valence electrons. The van der Waals surface area contributed by atoms with Crippen LogP contribution in [0.2, 0.25) is 5.02 Å². The maximum atomic E-state index is 5.93. The summed E-state index contributed by atoms with van der Waals surface area (Å²) in [4.78, 5) is 0. The summed E-state index contributed by atoms with van der Waals surface area (Å²) in [6.07, 6.45) is 0. The molecule has 0 aromatic heterocycles. The van der Waals surface area contributed by atoms with Crippen LogP contribution in [0, 0.1) is 0 Å². The fourth-order valence-electron chi connectivity index (χ4n) is 1.31. The van der Waals surface area contributed by atoms with Crippen molar-refractivity contribution in [2.45, 2.75) is 32.4 Å². The first kappa shape index (κ1) is 12.5. The number of nitrogens with one attached hydrogen (secondary N) is 1. The molecule has 0 fully saturated rings. The van der Waals surface area contributed by atoms with E-state index in [1.807, 2.05) is 32.0 Å². The van der Waals surface area contributed by atoms with Crippen LogP contribution in [-0.2, 0) is 0 Å². The van der Waals surface area contributed by atoms with Crippen molar-refractivity contribution in [1.82, 2.24) is 5.32 Å². The molecule has 1 aromatic rings. The van der Waals surface area contributed by atoms with E-state index >= 15 is 0 Å². The molecule has 0 saturated carbocycles. The van der Waals surface area contributed by atoms with Crippen molar-refractivity contribution in [3.8, 4) is 0 Å². The molecule has 0 aliphatic rings. The molecule has 0 bridgehead atoms. The lowest BCUT2D eigenvalue weighted by Crippen LogP contribution is -2.43. The monoisotopic (exact) mass is 226 g/mol. The van der Waals surface area contributed by atoms with E-state index in [4.69, 9.17) is 17.3 Å². The van der Waals surface area contributed by atoms with Crippen LogP contribution in [0.15, 0.2) is 24.3 Å². The normalized spacial score (nSPS) is 13.9. The van der Waals surface area contributed by atoms with E-state index < -0.39 is 0 Å². The van der Waals surface area contributed by atoms with E-state index in [1.165, 1.54) is 5.56 Å². The third-order valence-corrected chi connectivity index (χ3v) is 2.45. The minimum absolute atomic E-state index is 0.188. The first-order valence-electron chi connectivity index (χ1n) is 5.16. The van der Waals surface area contributed by atoms with Crippen LogP contribution in [0.4, 0.5) is 0 Å². The summed E-state index contributed by atoms with van der Waals surface area (Å²) < 4.78 is 0. The Morgan fingerprint density at radius 2 is 2.13 bits per heavy atom. The Balaban J connectivity index is 2.58. The number of hydrogen-bond acceptors (Lipinski definition) is 2. The molecule has 0 saturated heterocycles. The topological polar surface area (TPSA) is 38.0 Å². The van der Waals surface area contributed by atoms with Crippen molar-refractivity contribution in [2.75, 3.05) is 6.54 Å². The zero-order valence-corrected chi connectivity index (χ0v) is 10.3. The molecule has 1 atom stereocenters. The van der Waals surface area contributed by atoms with Crippen LogP contribution in [0.25, 0.3) is 0 Å². The summed E-state index contributed by atoms with van der Waals surface area (Å²) in [6.45, 7) is 6.90. The third-order valence-electron chi connectivity index (χ3n) is 2.21. The van der Waals surface area contributed by atoms with Gasteiger partial charge in [0.25, 0.3) is 0 Å². The van der Waals surface area contributed by atoms with Crippen molar-refractivity contribution in [2.24, 2.45) is 5.73 Å². The molecule has 1 unspecified atom stereocenters. The minimum atomic E-state index is -0.188. The lowest BCUT2D eigenvalue weighted by molar-refractivity contribution is 0.434. The van der Waals surface area contributed by atoms with Crippen molar-refractivity contribution >= 4 is 11.6 Å². The molecule has 0 aliphatic carbocycles. The van der Waals surface area contributed by atoms with Gasteiger partial charge in [0, 0.05) is 23.1 Å². The largest absolute Gasteiger partial charge is 0.324 e. The van der Waals surface area contributed by atoms with Gasteiger partial charge in [-0.2, -0.15) is 0 Å². The molecule has 0 heterocycles. The van der Waals surface area contributed by atoms with E-state index in [1.54, 1.807) is 0 Å². The van der Waals surface area contributed by atoms with Gasteiger partial charge in [-0.3, -0.25) is 0 Å². The fraction of sp³-hybridized carbons (Fsp3) is 0.500. The highest BCUT2D eigenvalue weighted by molar-refractivity contribution is 6.30. The Bertz CT molecular complexity index is 318. The Morgan fingerprint density at radius 1 is 1.47 bits per heavy atom. The quantitative estimate of drug-likeness (QED) is 0.829. The van der Waals surface area contributed by atoms with Crippen molar-refractivity contribution < 1.29 is 0 Å². The van der Waals surface area contributed by atoms with Crippen LogP contribution in [0.5, 0.6) is 0 Å². The SMILES string of the molecule is CC(NCC(C)(C)N)c1cccc(Cl)c1. The second-order valence-electron chi connectivity index (χ2n) is 4.65. The van der Waals surface area contributed by atoms with Gasteiger partial charge < -0.3 is 11.1 Å². The Hall–Kier alpha value is -0.570. The molecular weight excluding hydrogens is 208 g/mol. The average molecular weight is 227 g/mol. The number of benzene rings is 1. The van der Waals surface area contributed by atoms with Gasteiger partial charge in [-0.15, -0.1) is 0 Å². The van der Waals surface area contributed by atoms with E-state index in [-0.39, 0.29) is 11.6 Å². The summed E-state index contributed by atoms with van der Waals surface area (Å²) in [6, 6.07) is 8.15. The standard InChI is InChI=1S/C12H19ClN2/c1-9(15-8-12(2,3)14)10-5-4-6-11(13)7-10/h4-7,9,15H,8,14H2,1-3H3. The highest BCUT2D eigenvalue weighted by Gasteiger charge is 2.12. The van der Waals surface area contributed by atoms with Crippen LogP contribution in [-0.4, -0.2) is 12.1 Å². The number of rotatable bonds is 4. The minimum Gasteiger partial charge on any atom is -0.324 e. The van der Waals surface area contributed by atoms with Gasteiger partial charge in [-0.1, -0.05) is 23.7 Å². The Kier molecular flexibility index (Phi) is 4.14. The third kappa shape index (κ3) is 4.65. The van der Waals surface area contributed by atoms with Crippen LogP contribution < -0.4 is 11.1 Å². The molecule has 15 heavy (non-hydrogen) atoms. The molecule has 1 rings (SSSR count). The van der Waals surface area contributed by atoms with E-state index in [2.05, 4.69) is 18.3 Å². The van der Waals surface area contributed by atoms with Crippen LogP contribution in [0.1, 0.15) is 32.4 Å². The molecule has 3 heteroatoms. The smallest absolute Gasteiger partial charge is 0.0409 e. The van der Waals surface area contributed by atoms with Gasteiger partial charge in [0.1, 0.15) is 0 Å². The second kappa shape index (κ2) is 4.97. The molecular formula is C12H19ClN2. The lowest BCUT2D eigenvalue weighted by Gasteiger charge is -2.23. The average Bonchev–Trinajstić information content (AvgIpc) is 2.13. The number of hydrogen-bond donors (Lipinski definition) is 2. The van der Waals surface area contributed by atoms with Gasteiger partial charge >= 0.3 is 0 Å². The van der Waals surface area contributed by atoms with Gasteiger partial charge in [0.15, 0.2) is 0 Å². The maximum absolute atomic E-state index is 5.93. The predicted octanol–water partition coefficient (Wildman–Crippen LogP) is 2.73. The first-order valence-corrected chi connectivity index (χ1v) is 5.54. The van der Waals surface area contributed by atoms with E-state index in [0.717, 1.165) is 11.6 Å². The molecule has 0 amide bonds. The molecule has 1 aromatic carbocycles. The summed E-state index contributed by atoms with van der Waals surface area (Å²) in [5, 5.41) is 4.15. The zero-order chi connectivity index (χ0) is 11.5. The summed E-state index contributed by atoms with van der Waals surface area (Å²) in [5.41, 5.74) is 6.90.